The quantitative estimate of drug-likeness (QED) is 0.901. The fourth-order valence-electron chi connectivity index (χ4n) is 2.20. The van der Waals surface area contributed by atoms with Crippen LogP contribution >= 0.6 is 11.6 Å². The topological polar surface area (TPSA) is 29.5 Å². The average Bonchev–Trinajstić information content (AvgIpc) is 2.29. The van der Waals surface area contributed by atoms with Gasteiger partial charge in [-0.2, -0.15) is 0 Å². The van der Waals surface area contributed by atoms with Gasteiger partial charge in [-0.25, -0.2) is 4.39 Å². The Hall–Kier alpha value is -0.640. The lowest BCUT2D eigenvalue weighted by molar-refractivity contribution is 0.0434. The molecule has 1 saturated heterocycles. The van der Waals surface area contributed by atoms with E-state index in [-0.39, 0.29) is 0 Å². The highest BCUT2D eigenvalue weighted by Crippen LogP contribution is 2.29. The maximum Gasteiger partial charge on any atom is 0.125 e. The third kappa shape index (κ3) is 3.66. The van der Waals surface area contributed by atoms with E-state index in [1.54, 1.807) is 6.07 Å². The predicted octanol–water partition coefficient (Wildman–Crippen LogP) is 3.33. The Morgan fingerprint density at radius 3 is 2.71 bits per heavy atom. The summed E-state index contributed by atoms with van der Waals surface area (Å²) < 4.78 is 18.4. The van der Waals surface area contributed by atoms with Gasteiger partial charge in [-0.05, 0) is 48.9 Å². The molecule has 94 valence electrons. The molecule has 0 aliphatic carbocycles. The van der Waals surface area contributed by atoms with E-state index in [0.717, 1.165) is 26.1 Å². The van der Waals surface area contributed by atoms with Gasteiger partial charge in [0.2, 0.25) is 0 Å². The molecule has 0 bridgehead atoms. The SMILES string of the molecule is OC(CC1CCOCC1)c1cc(F)cc(Cl)c1. The van der Waals surface area contributed by atoms with Crippen LogP contribution < -0.4 is 0 Å². The summed E-state index contributed by atoms with van der Waals surface area (Å²) in [4.78, 5) is 0. The highest BCUT2D eigenvalue weighted by molar-refractivity contribution is 6.30. The lowest BCUT2D eigenvalue weighted by Crippen LogP contribution is -2.18. The van der Waals surface area contributed by atoms with Crippen LogP contribution in [-0.4, -0.2) is 18.3 Å². The van der Waals surface area contributed by atoms with E-state index in [1.165, 1.54) is 12.1 Å². The van der Waals surface area contributed by atoms with Crippen molar-refractivity contribution in [3.63, 3.8) is 0 Å². The summed E-state index contributed by atoms with van der Waals surface area (Å²) in [7, 11) is 0. The maximum atomic E-state index is 13.2. The van der Waals surface area contributed by atoms with E-state index in [2.05, 4.69) is 0 Å². The Balaban J connectivity index is 2.00. The second-order valence-electron chi connectivity index (χ2n) is 4.51. The second-order valence-corrected chi connectivity index (χ2v) is 4.95. The van der Waals surface area contributed by atoms with Crippen molar-refractivity contribution >= 4 is 11.6 Å². The molecule has 1 aromatic carbocycles. The number of hydrogen-bond acceptors (Lipinski definition) is 2. The Bertz CT molecular complexity index is 357. The average molecular weight is 259 g/mol. The van der Waals surface area contributed by atoms with Crippen molar-refractivity contribution in [3.8, 4) is 0 Å². The van der Waals surface area contributed by atoms with Gasteiger partial charge in [0.25, 0.3) is 0 Å². The summed E-state index contributed by atoms with van der Waals surface area (Å²) in [5, 5.41) is 10.4. The molecule has 17 heavy (non-hydrogen) atoms. The fraction of sp³-hybridized carbons (Fsp3) is 0.538. The van der Waals surface area contributed by atoms with E-state index < -0.39 is 11.9 Å². The molecule has 2 rings (SSSR count). The van der Waals surface area contributed by atoms with Crippen LogP contribution in [0.5, 0.6) is 0 Å². The Kier molecular flexibility index (Phi) is 4.37. The van der Waals surface area contributed by atoms with Gasteiger partial charge in [0.1, 0.15) is 5.82 Å². The third-order valence-corrected chi connectivity index (χ3v) is 3.39. The first-order valence-corrected chi connectivity index (χ1v) is 6.25. The summed E-state index contributed by atoms with van der Waals surface area (Å²) in [5.41, 5.74) is 0.557. The van der Waals surface area contributed by atoms with Gasteiger partial charge in [0.15, 0.2) is 0 Å². The monoisotopic (exact) mass is 258 g/mol. The first-order valence-electron chi connectivity index (χ1n) is 5.87. The van der Waals surface area contributed by atoms with Crippen LogP contribution in [0.25, 0.3) is 0 Å². The van der Waals surface area contributed by atoms with E-state index in [0.29, 0.717) is 22.9 Å². The number of aliphatic hydroxyl groups is 1. The molecule has 1 heterocycles. The summed E-state index contributed by atoms with van der Waals surface area (Å²) in [6, 6.07) is 4.21. The number of aliphatic hydroxyl groups excluding tert-OH is 1. The second kappa shape index (κ2) is 5.80. The fourth-order valence-corrected chi connectivity index (χ4v) is 2.43. The van der Waals surface area contributed by atoms with Crippen LogP contribution in [0.3, 0.4) is 0 Å². The Morgan fingerprint density at radius 2 is 2.06 bits per heavy atom. The molecular weight excluding hydrogens is 243 g/mol. The van der Waals surface area contributed by atoms with Gasteiger partial charge in [-0.1, -0.05) is 11.6 Å². The van der Waals surface area contributed by atoms with Crippen molar-refractivity contribution in [2.45, 2.75) is 25.4 Å². The van der Waals surface area contributed by atoms with E-state index >= 15 is 0 Å². The van der Waals surface area contributed by atoms with Crippen LogP contribution in [0, 0.1) is 11.7 Å². The van der Waals surface area contributed by atoms with Gasteiger partial charge < -0.3 is 9.84 Å². The Labute approximate surface area is 105 Å². The highest BCUT2D eigenvalue weighted by atomic mass is 35.5. The minimum atomic E-state index is -0.647. The van der Waals surface area contributed by atoms with Crippen molar-refractivity contribution in [3.05, 3.63) is 34.6 Å². The van der Waals surface area contributed by atoms with Crippen molar-refractivity contribution in [1.29, 1.82) is 0 Å². The number of hydrogen-bond donors (Lipinski definition) is 1. The number of rotatable bonds is 3. The molecule has 0 aromatic heterocycles. The van der Waals surface area contributed by atoms with Crippen LogP contribution in [0.2, 0.25) is 5.02 Å². The van der Waals surface area contributed by atoms with Gasteiger partial charge >= 0.3 is 0 Å². The minimum absolute atomic E-state index is 0.325. The molecule has 0 amide bonds. The van der Waals surface area contributed by atoms with Gasteiger partial charge in [0.05, 0.1) is 6.10 Å². The van der Waals surface area contributed by atoms with Gasteiger partial charge in [-0.15, -0.1) is 0 Å². The van der Waals surface area contributed by atoms with E-state index in [9.17, 15) is 9.50 Å². The van der Waals surface area contributed by atoms with Crippen molar-refractivity contribution in [2.24, 2.45) is 5.92 Å². The molecule has 1 aromatic rings. The zero-order valence-corrected chi connectivity index (χ0v) is 10.3. The molecule has 0 spiro atoms. The maximum absolute atomic E-state index is 13.2. The molecule has 1 unspecified atom stereocenters. The summed E-state index contributed by atoms with van der Waals surface area (Å²) >= 11 is 5.77. The minimum Gasteiger partial charge on any atom is -0.388 e. The largest absolute Gasteiger partial charge is 0.388 e. The molecule has 2 nitrogen and oxygen atoms in total. The summed E-state index contributed by atoms with van der Waals surface area (Å²) in [6.07, 6.45) is 1.91. The molecule has 1 aliphatic heterocycles. The highest BCUT2D eigenvalue weighted by Gasteiger charge is 2.19. The first-order chi connectivity index (χ1) is 8.15. The smallest absolute Gasteiger partial charge is 0.125 e. The zero-order valence-electron chi connectivity index (χ0n) is 9.53. The molecular formula is C13H16ClFO2. The molecule has 1 N–H and O–H groups in total. The lowest BCUT2D eigenvalue weighted by atomic mass is 9.91. The first kappa shape index (κ1) is 12.8. The molecule has 1 atom stereocenters. The number of halogens is 2. The molecule has 0 saturated carbocycles. The summed E-state index contributed by atoms with van der Waals surface area (Å²) in [5.74, 6) is 0.0410. The van der Waals surface area contributed by atoms with Crippen molar-refractivity contribution < 1.29 is 14.2 Å². The number of ether oxygens (including phenoxy) is 1. The van der Waals surface area contributed by atoms with Gasteiger partial charge in [0, 0.05) is 18.2 Å². The van der Waals surface area contributed by atoms with Crippen molar-refractivity contribution in [2.75, 3.05) is 13.2 Å². The predicted molar refractivity (Wildman–Crippen MR) is 64.5 cm³/mol. The summed E-state index contributed by atoms with van der Waals surface area (Å²) in [6.45, 7) is 1.50. The Morgan fingerprint density at radius 1 is 1.35 bits per heavy atom. The van der Waals surface area contributed by atoms with Crippen molar-refractivity contribution in [1.82, 2.24) is 0 Å². The van der Waals surface area contributed by atoms with Crippen LogP contribution in [0.15, 0.2) is 18.2 Å². The zero-order chi connectivity index (χ0) is 12.3. The molecule has 4 heteroatoms. The normalized spacial score (nSPS) is 19.2. The van der Waals surface area contributed by atoms with E-state index in [1.807, 2.05) is 0 Å². The number of benzene rings is 1. The van der Waals surface area contributed by atoms with Gasteiger partial charge in [-0.3, -0.25) is 0 Å². The van der Waals surface area contributed by atoms with Crippen LogP contribution in [0.4, 0.5) is 4.39 Å². The standard InChI is InChI=1S/C13H16ClFO2/c14-11-6-10(7-12(15)8-11)13(16)5-9-1-3-17-4-2-9/h6-9,13,16H,1-5H2. The van der Waals surface area contributed by atoms with Crippen LogP contribution in [0.1, 0.15) is 30.9 Å². The molecule has 1 aliphatic rings. The third-order valence-electron chi connectivity index (χ3n) is 3.17. The lowest BCUT2D eigenvalue weighted by Gasteiger charge is -2.24. The van der Waals surface area contributed by atoms with E-state index in [4.69, 9.17) is 16.3 Å². The molecule has 1 fully saturated rings. The van der Waals surface area contributed by atoms with Crippen LogP contribution in [-0.2, 0) is 4.74 Å². The molecule has 0 radical (unpaired) electrons.